The number of rotatable bonds is 8. The monoisotopic (exact) mass is 414 g/mol. The van der Waals surface area contributed by atoms with Crippen molar-refractivity contribution in [3.05, 3.63) is 54.0 Å². The van der Waals surface area contributed by atoms with Gasteiger partial charge in [0.25, 0.3) is 5.91 Å². The fourth-order valence-corrected chi connectivity index (χ4v) is 4.34. The maximum Gasteiger partial charge on any atom is 0.287 e. The highest BCUT2D eigenvalue weighted by atomic mass is 16.5. The van der Waals surface area contributed by atoms with Crippen molar-refractivity contribution in [1.29, 1.82) is 0 Å². The number of carbonyl (C=O) groups excluding carboxylic acids is 1. The van der Waals surface area contributed by atoms with E-state index in [2.05, 4.69) is 22.3 Å². The molecule has 0 aliphatic carbocycles. The second-order valence-electron chi connectivity index (χ2n) is 8.14. The summed E-state index contributed by atoms with van der Waals surface area (Å²) in [7, 11) is 0. The van der Waals surface area contributed by atoms with Crippen molar-refractivity contribution in [2.24, 2.45) is 0 Å². The van der Waals surface area contributed by atoms with Crippen LogP contribution in [0.25, 0.3) is 0 Å². The summed E-state index contributed by atoms with van der Waals surface area (Å²) in [6.07, 6.45) is 5.65. The lowest BCUT2D eigenvalue weighted by molar-refractivity contribution is -0.0764. The van der Waals surface area contributed by atoms with Crippen molar-refractivity contribution in [2.45, 2.75) is 43.9 Å². The number of hydrogen-bond donors (Lipinski definition) is 2. The molecule has 2 aliphatic heterocycles. The van der Waals surface area contributed by atoms with Crippen LogP contribution in [0, 0.1) is 0 Å². The van der Waals surface area contributed by atoms with Gasteiger partial charge in [-0.15, -0.1) is 0 Å². The molecule has 30 heavy (non-hydrogen) atoms. The van der Waals surface area contributed by atoms with Crippen molar-refractivity contribution < 1.29 is 23.8 Å². The zero-order chi connectivity index (χ0) is 20.8. The van der Waals surface area contributed by atoms with Crippen LogP contribution in [0.3, 0.4) is 0 Å². The molecular formula is C23H30N2O5. The summed E-state index contributed by atoms with van der Waals surface area (Å²) in [4.78, 5) is 14.5. The van der Waals surface area contributed by atoms with Crippen LogP contribution in [0.1, 0.15) is 41.8 Å². The highest BCUT2D eigenvalue weighted by Gasteiger charge is 2.42. The molecule has 2 N–H and O–H groups in total. The van der Waals surface area contributed by atoms with E-state index in [4.69, 9.17) is 19.0 Å². The molecule has 1 unspecified atom stereocenters. The lowest BCUT2D eigenvalue weighted by Gasteiger charge is -2.39. The van der Waals surface area contributed by atoms with Crippen LogP contribution in [0.4, 0.5) is 0 Å². The maximum atomic E-state index is 12.0. The third-order valence-electron chi connectivity index (χ3n) is 6.03. The van der Waals surface area contributed by atoms with Crippen molar-refractivity contribution in [3.8, 4) is 5.75 Å². The van der Waals surface area contributed by atoms with E-state index in [-0.39, 0.29) is 24.2 Å². The standard InChI is InChI=1S/C23H30N2O5/c26-13-15-28-19-5-3-18(4-6-19)17-25-11-9-23(10-12-25)8-7-20(30-23)16-24-22(27)21-2-1-14-29-21/h1-6,14,20,26H,7-13,15-17H2,(H,24,27). The van der Waals surface area contributed by atoms with Crippen LogP contribution in [0.15, 0.2) is 47.1 Å². The van der Waals surface area contributed by atoms with Crippen molar-refractivity contribution >= 4 is 5.91 Å². The summed E-state index contributed by atoms with van der Waals surface area (Å²) >= 11 is 0. The molecule has 7 nitrogen and oxygen atoms in total. The van der Waals surface area contributed by atoms with E-state index < -0.39 is 0 Å². The molecule has 2 fully saturated rings. The molecule has 0 saturated carbocycles. The second kappa shape index (κ2) is 9.64. The fourth-order valence-electron chi connectivity index (χ4n) is 4.34. The minimum absolute atomic E-state index is 0.0244. The Hall–Kier alpha value is -2.35. The first-order valence-corrected chi connectivity index (χ1v) is 10.7. The molecule has 7 heteroatoms. The lowest BCUT2D eigenvalue weighted by Crippen LogP contribution is -2.44. The average Bonchev–Trinajstić information content (AvgIpc) is 3.44. The highest BCUT2D eigenvalue weighted by molar-refractivity contribution is 5.91. The maximum absolute atomic E-state index is 12.0. The number of furan rings is 1. The summed E-state index contributed by atoms with van der Waals surface area (Å²) in [6.45, 7) is 3.80. The van der Waals surface area contributed by atoms with E-state index in [9.17, 15) is 4.79 Å². The van der Waals surface area contributed by atoms with Gasteiger partial charge < -0.3 is 24.3 Å². The third-order valence-corrected chi connectivity index (χ3v) is 6.03. The van der Waals surface area contributed by atoms with Gasteiger partial charge >= 0.3 is 0 Å². The zero-order valence-electron chi connectivity index (χ0n) is 17.2. The van der Waals surface area contributed by atoms with E-state index >= 15 is 0 Å². The highest BCUT2D eigenvalue weighted by Crippen LogP contribution is 2.39. The summed E-state index contributed by atoms with van der Waals surface area (Å²) in [5.41, 5.74) is 1.21. The first-order chi connectivity index (χ1) is 14.7. The van der Waals surface area contributed by atoms with Gasteiger partial charge in [0.05, 0.1) is 24.6 Å². The van der Waals surface area contributed by atoms with Crippen LogP contribution in [-0.4, -0.2) is 60.5 Å². The summed E-state index contributed by atoms with van der Waals surface area (Å²) < 4.78 is 16.9. The molecule has 2 aliphatic rings. The normalized spacial score (nSPS) is 21.0. The number of nitrogens with zero attached hydrogens (tertiary/aromatic N) is 1. The molecule has 2 saturated heterocycles. The molecule has 162 valence electrons. The average molecular weight is 415 g/mol. The Morgan fingerprint density at radius 2 is 2.00 bits per heavy atom. The number of ether oxygens (including phenoxy) is 2. The number of nitrogens with one attached hydrogen (secondary N) is 1. The first kappa shape index (κ1) is 20.9. The van der Waals surface area contributed by atoms with E-state index in [0.29, 0.717) is 18.9 Å². The largest absolute Gasteiger partial charge is 0.491 e. The van der Waals surface area contributed by atoms with Gasteiger partial charge in [-0.25, -0.2) is 0 Å². The number of aliphatic hydroxyl groups excluding tert-OH is 1. The SMILES string of the molecule is O=C(NCC1CCC2(CCN(Cc3ccc(OCCO)cc3)CC2)O1)c1ccco1. The molecule has 1 aromatic heterocycles. The van der Waals surface area contributed by atoms with Gasteiger partial charge in [-0.2, -0.15) is 0 Å². The quantitative estimate of drug-likeness (QED) is 0.691. The van der Waals surface area contributed by atoms with Crippen LogP contribution in [-0.2, 0) is 11.3 Å². The van der Waals surface area contributed by atoms with Gasteiger partial charge in [0.2, 0.25) is 0 Å². The number of aliphatic hydroxyl groups is 1. The number of benzene rings is 1. The number of amides is 1. The molecule has 1 aromatic carbocycles. The van der Waals surface area contributed by atoms with Crippen LogP contribution >= 0.6 is 0 Å². The molecule has 1 spiro atoms. The van der Waals surface area contributed by atoms with Gasteiger partial charge in [0.1, 0.15) is 12.4 Å². The number of likely N-dealkylation sites (tertiary alicyclic amines) is 1. The third kappa shape index (κ3) is 5.22. The minimum atomic E-state index is -0.188. The molecule has 0 bridgehead atoms. The molecule has 2 aromatic rings. The van der Waals surface area contributed by atoms with Gasteiger partial charge in [-0.05, 0) is 55.5 Å². The van der Waals surface area contributed by atoms with Crippen LogP contribution in [0.2, 0.25) is 0 Å². The molecule has 1 atom stereocenters. The molecule has 3 heterocycles. The first-order valence-electron chi connectivity index (χ1n) is 10.7. The fraction of sp³-hybridized carbons (Fsp3) is 0.522. The predicted molar refractivity (Wildman–Crippen MR) is 111 cm³/mol. The Balaban J connectivity index is 1.20. The Morgan fingerprint density at radius 1 is 1.20 bits per heavy atom. The minimum Gasteiger partial charge on any atom is -0.491 e. The van der Waals surface area contributed by atoms with Gasteiger partial charge in [-0.1, -0.05) is 12.1 Å². The molecule has 0 radical (unpaired) electrons. The summed E-state index contributed by atoms with van der Waals surface area (Å²) in [6, 6.07) is 11.5. The van der Waals surface area contributed by atoms with Crippen molar-refractivity contribution in [1.82, 2.24) is 10.2 Å². The zero-order valence-corrected chi connectivity index (χ0v) is 17.2. The van der Waals surface area contributed by atoms with Gasteiger partial charge in [0.15, 0.2) is 5.76 Å². The summed E-state index contributed by atoms with van der Waals surface area (Å²) in [5.74, 6) is 0.936. The van der Waals surface area contributed by atoms with Crippen LogP contribution in [0.5, 0.6) is 5.75 Å². The predicted octanol–water partition coefficient (Wildman–Crippen LogP) is 2.59. The number of hydrogen-bond acceptors (Lipinski definition) is 6. The number of carbonyl (C=O) groups is 1. The van der Waals surface area contributed by atoms with E-state index in [1.165, 1.54) is 11.8 Å². The van der Waals surface area contributed by atoms with E-state index in [1.54, 1.807) is 12.1 Å². The van der Waals surface area contributed by atoms with Gasteiger partial charge in [0, 0.05) is 26.2 Å². The topological polar surface area (TPSA) is 84.2 Å². The smallest absolute Gasteiger partial charge is 0.287 e. The molecule has 1 amide bonds. The number of piperidine rings is 1. The van der Waals surface area contributed by atoms with Crippen molar-refractivity contribution in [3.63, 3.8) is 0 Å². The molecule has 4 rings (SSSR count). The van der Waals surface area contributed by atoms with Crippen LogP contribution < -0.4 is 10.1 Å². The molecular weight excluding hydrogens is 384 g/mol. The Bertz CT molecular complexity index is 798. The summed E-state index contributed by atoms with van der Waals surface area (Å²) in [5, 5.41) is 11.7. The Morgan fingerprint density at radius 3 is 2.70 bits per heavy atom. The lowest BCUT2D eigenvalue weighted by atomic mass is 9.88. The van der Waals surface area contributed by atoms with E-state index in [0.717, 1.165) is 51.1 Å². The van der Waals surface area contributed by atoms with Crippen molar-refractivity contribution in [2.75, 3.05) is 32.8 Å². The van der Waals surface area contributed by atoms with Gasteiger partial charge in [-0.3, -0.25) is 9.69 Å². The Labute approximate surface area is 177 Å². The second-order valence-corrected chi connectivity index (χ2v) is 8.14. The Kier molecular flexibility index (Phi) is 6.72. The van der Waals surface area contributed by atoms with E-state index in [1.807, 2.05) is 12.1 Å².